The van der Waals surface area contributed by atoms with E-state index in [0.29, 0.717) is 13.1 Å². The van der Waals surface area contributed by atoms with Gasteiger partial charge in [0, 0.05) is 31.9 Å². The molecule has 0 aliphatic carbocycles. The molecule has 0 radical (unpaired) electrons. The number of amides is 2. The first-order valence-corrected chi connectivity index (χ1v) is 5.35. The molecule has 0 bridgehead atoms. The fraction of sp³-hybridized carbons (Fsp3) is 0.455. The number of carbonyl (C=O) groups is 2. The number of nitrogens with two attached hydrogens (primary N) is 1. The van der Waals surface area contributed by atoms with Crippen LogP contribution in [0.2, 0.25) is 0 Å². The zero-order chi connectivity index (χ0) is 11.5. The lowest BCUT2D eigenvalue weighted by Crippen LogP contribution is -2.30. The van der Waals surface area contributed by atoms with E-state index >= 15 is 0 Å². The van der Waals surface area contributed by atoms with Gasteiger partial charge in [-0.2, -0.15) is 0 Å². The van der Waals surface area contributed by atoms with Crippen molar-refractivity contribution in [2.45, 2.75) is 12.8 Å². The Morgan fingerprint density at radius 2 is 2.44 bits per heavy atom. The number of nitrogens with one attached hydrogen (secondary N) is 1. The molecule has 1 aliphatic heterocycles. The van der Waals surface area contributed by atoms with E-state index in [2.05, 4.69) is 4.98 Å². The van der Waals surface area contributed by atoms with E-state index < -0.39 is 0 Å². The standard InChI is InChI=1S/C11H15N3O2/c12-11(16)9-5-10(15)14(7-9)4-2-8-1-3-13-6-8/h1,3,6,9,13H,2,4-5,7H2,(H2,12,16). The van der Waals surface area contributed by atoms with Crippen LogP contribution in [0.3, 0.4) is 0 Å². The molecular formula is C11H15N3O2. The maximum absolute atomic E-state index is 11.6. The van der Waals surface area contributed by atoms with Gasteiger partial charge >= 0.3 is 0 Å². The second kappa shape index (κ2) is 4.38. The zero-order valence-corrected chi connectivity index (χ0v) is 8.98. The molecule has 86 valence electrons. The lowest BCUT2D eigenvalue weighted by molar-refractivity contribution is -0.128. The van der Waals surface area contributed by atoms with Crippen molar-refractivity contribution < 1.29 is 9.59 Å². The number of carbonyl (C=O) groups excluding carboxylic acids is 2. The lowest BCUT2D eigenvalue weighted by Gasteiger charge is -2.15. The van der Waals surface area contributed by atoms with Crippen LogP contribution in [0, 0.1) is 5.92 Å². The summed E-state index contributed by atoms with van der Waals surface area (Å²) in [6, 6.07) is 1.98. The van der Waals surface area contributed by atoms with Crippen molar-refractivity contribution in [2.24, 2.45) is 11.7 Å². The highest BCUT2D eigenvalue weighted by atomic mass is 16.2. The molecule has 3 N–H and O–H groups in total. The smallest absolute Gasteiger partial charge is 0.223 e. The second-order valence-corrected chi connectivity index (χ2v) is 4.11. The van der Waals surface area contributed by atoms with Crippen LogP contribution in [-0.4, -0.2) is 34.8 Å². The van der Waals surface area contributed by atoms with E-state index in [1.54, 1.807) is 4.90 Å². The summed E-state index contributed by atoms with van der Waals surface area (Å²) < 4.78 is 0. The van der Waals surface area contributed by atoms with Gasteiger partial charge in [-0.25, -0.2) is 0 Å². The number of hydrogen-bond donors (Lipinski definition) is 2. The van der Waals surface area contributed by atoms with Crippen molar-refractivity contribution in [2.75, 3.05) is 13.1 Å². The van der Waals surface area contributed by atoms with Crippen LogP contribution in [0.4, 0.5) is 0 Å². The molecule has 1 aromatic heterocycles. The van der Waals surface area contributed by atoms with Gasteiger partial charge < -0.3 is 15.6 Å². The normalized spacial score (nSPS) is 20.4. The summed E-state index contributed by atoms with van der Waals surface area (Å²) in [4.78, 5) is 27.2. The average molecular weight is 221 g/mol. The first-order chi connectivity index (χ1) is 7.66. The van der Waals surface area contributed by atoms with Gasteiger partial charge in [0.05, 0.1) is 5.92 Å². The summed E-state index contributed by atoms with van der Waals surface area (Å²) in [5, 5.41) is 0. The largest absolute Gasteiger partial charge is 0.369 e. The van der Waals surface area contributed by atoms with Crippen molar-refractivity contribution in [1.29, 1.82) is 0 Å². The molecule has 1 atom stereocenters. The van der Waals surface area contributed by atoms with Crippen molar-refractivity contribution in [3.8, 4) is 0 Å². The van der Waals surface area contributed by atoms with Crippen LogP contribution in [0.25, 0.3) is 0 Å². The maximum atomic E-state index is 11.6. The number of nitrogens with zero attached hydrogens (tertiary/aromatic N) is 1. The molecule has 1 unspecified atom stereocenters. The summed E-state index contributed by atoms with van der Waals surface area (Å²) in [6.45, 7) is 1.12. The Hall–Kier alpha value is -1.78. The molecule has 2 heterocycles. The van der Waals surface area contributed by atoms with Crippen LogP contribution in [0.15, 0.2) is 18.5 Å². The number of hydrogen-bond acceptors (Lipinski definition) is 2. The van der Waals surface area contributed by atoms with Crippen LogP contribution < -0.4 is 5.73 Å². The first-order valence-electron chi connectivity index (χ1n) is 5.35. The van der Waals surface area contributed by atoms with Crippen molar-refractivity contribution in [3.63, 3.8) is 0 Å². The monoisotopic (exact) mass is 221 g/mol. The zero-order valence-electron chi connectivity index (χ0n) is 8.98. The minimum absolute atomic E-state index is 0.0272. The average Bonchev–Trinajstić information content (AvgIpc) is 2.84. The molecule has 1 aromatic rings. The highest BCUT2D eigenvalue weighted by Crippen LogP contribution is 2.17. The predicted octanol–water partition coefficient (Wildman–Crippen LogP) is -0.109. The summed E-state index contributed by atoms with van der Waals surface area (Å²) >= 11 is 0. The molecule has 5 nitrogen and oxygen atoms in total. The number of aromatic nitrogens is 1. The molecule has 2 rings (SSSR count). The molecule has 1 fully saturated rings. The Morgan fingerprint density at radius 1 is 1.62 bits per heavy atom. The Bertz CT molecular complexity index is 386. The van der Waals surface area contributed by atoms with Crippen molar-refractivity contribution >= 4 is 11.8 Å². The quantitative estimate of drug-likeness (QED) is 0.744. The summed E-state index contributed by atoms with van der Waals surface area (Å²) in [5.41, 5.74) is 6.35. The fourth-order valence-corrected chi connectivity index (χ4v) is 1.96. The molecule has 0 saturated carbocycles. The number of aromatic amines is 1. The van der Waals surface area contributed by atoms with Crippen molar-refractivity contribution in [1.82, 2.24) is 9.88 Å². The Kier molecular flexibility index (Phi) is 2.94. The molecule has 1 saturated heterocycles. The molecule has 1 aliphatic rings. The second-order valence-electron chi connectivity index (χ2n) is 4.11. The topological polar surface area (TPSA) is 79.2 Å². The van der Waals surface area contributed by atoms with Crippen LogP contribution in [0.1, 0.15) is 12.0 Å². The summed E-state index contributed by atoms with van der Waals surface area (Å²) in [6.07, 6.45) is 4.84. The van der Waals surface area contributed by atoms with Crippen molar-refractivity contribution in [3.05, 3.63) is 24.0 Å². The number of primary amides is 1. The highest BCUT2D eigenvalue weighted by molar-refractivity contribution is 5.88. The maximum Gasteiger partial charge on any atom is 0.223 e. The van der Waals surface area contributed by atoms with Gasteiger partial charge in [0.25, 0.3) is 0 Å². The van der Waals surface area contributed by atoms with Gasteiger partial charge in [-0.15, -0.1) is 0 Å². The predicted molar refractivity (Wildman–Crippen MR) is 58.4 cm³/mol. The fourth-order valence-electron chi connectivity index (χ4n) is 1.96. The van der Waals surface area contributed by atoms with Gasteiger partial charge in [-0.3, -0.25) is 9.59 Å². The SMILES string of the molecule is NC(=O)C1CC(=O)N(CCc2cc[nH]c2)C1. The molecule has 16 heavy (non-hydrogen) atoms. The highest BCUT2D eigenvalue weighted by Gasteiger charge is 2.32. The third-order valence-electron chi connectivity index (χ3n) is 2.95. The first kappa shape index (κ1) is 10.7. The molecule has 0 aromatic carbocycles. The van der Waals surface area contributed by atoms with E-state index in [-0.39, 0.29) is 24.2 Å². The summed E-state index contributed by atoms with van der Waals surface area (Å²) in [5.74, 6) is -0.657. The molecule has 0 spiro atoms. The Labute approximate surface area is 93.6 Å². The third-order valence-corrected chi connectivity index (χ3v) is 2.95. The van der Waals surface area contributed by atoms with Gasteiger partial charge in [0.15, 0.2) is 0 Å². The van der Waals surface area contributed by atoms with E-state index in [4.69, 9.17) is 5.73 Å². The van der Waals surface area contributed by atoms with Crippen LogP contribution in [-0.2, 0) is 16.0 Å². The van der Waals surface area contributed by atoms with E-state index in [0.717, 1.165) is 12.0 Å². The van der Waals surface area contributed by atoms with Gasteiger partial charge in [-0.05, 0) is 18.1 Å². The Morgan fingerprint density at radius 3 is 3.00 bits per heavy atom. The Balaban J connectivity index is 1.87. The molecule has 2 amide bonds. The van der Waals surface area contributed by atoms with Gasteiger partial charge in [0.2, 0.25) is 11.8 Å². The van der Waals surface area contributed by atoms with E-state index in [1.165, 1.54) is 0 Å². The molecular weight excluding hydrogens is 206 g/mol. The summed E-state index contributed by atoms with van der Waals surface area (Å²) in [7, 11) is 0. The number of H-pyrrole nitrogens is 1. The van der Waals surface area contributed by atoms with E-state index in [1.807, 2.05) is 18.5 Å². The van der Waals surface area contributed by atoms with Gasteiger partial charge in [0.1, 0.15) is 0 Å². The minimum Gasteiger partial charge on any atom is -0.369 e. The molecule has 5 heteroatoms. The van der Waals surface area contributed by atoms with Gasteiger partial charge in [-0.1, -0.05) is 0 Å². The third kappa shape index (κ3) is 2.24. The van der Waals surface area contributed by atoms with E-state index in [9.17, 15) is 9.59 Å². The number of likely N-dealkylation sites (tertiary alicyclic amines) is 1. The minimum atomic E-state index is -0.377. The lowest BCUT2D eigenvalue weighted by atomic mass is 10.1. The number of rotatable bonds is 4. The van der Waals surface area contributed by atoms with Crippen LogP contribution in [0.5, 0.6) is 0 Å². The van der Waals surface area contributed by atoms with Crippen LogP contribution >= 0.6 is 0 Å².